The minimum atomic E-state index is -0.574. The first-order valence-corrected chi connectivity index (χ1v) is 8.91. The third-order valence-corrected chi connectivity index (χ3v) is 5.29. The fourth-order valence-corrected chi connectivity index (χ4v) is 3.83. The number of nitrogens with zero attached hydrogens (tertiary/aromatic N) is 1. The van der Waals surface area contributed by atoms with E-state index in [1.807, 2.05) is 6.07 Å². The van der Waals surface area contributed by atoms with Crippen molar-refractivity contribution in [1.82, 2.24) is 10.3 Å². The lowest BCUT2D eigenvalue weighted by Gasteiger charge is -2.15. The molecule has 3 heterocycles. The molecule has 3 aromatic rings. The van der Waals surface area contributed by atoms with Gasteiger partial charge in [-0.1, -0.05) is 6.07 Å². The van der Waals surface area contributed by atoms with Crippen LogP contribution in [0.4, 0.5) is 0 Å². The molecule has 0 saturated heterocycles. The van der Waals surface area contributed by atoms with Crippen LogP contribution < -0.4 is 5.32 Å². The molecule has 0 spiro atoms. The highest BCUT2D eigenvalue weighted by atomic mass is 32.1. The summed E-state index contributed by atoms with van der Waals surface area (Å²) in [7, 11) is 0. The maximum atomic E-state index is 10.1. The lowest BCUT2D eigenvalue weighted by Crippen LogP contribution is -2.27. The minimum absolute atomic E-state index is 0.173. The summed E-state index contributed by atoms with van der Waals surface area (Å²) in [4.78, 5) is 5.85. The average molecular weight is 334 g/mol. The first kappa shape index (κ1) is 15.4. The number of hydrogen-bond acceptors (Lipinski definition) is 6. The van der Waals surface area contributed by atoms with E-state index in [2.05, 4.69) is 34.1 Å². The maximum absolute atomic E-state index is 10.1. The van der Waals surface area contributed by atoms with Gasteiger partial charge in [-0.25, -0.2) is 4.98 Å². The molecule has 0 aliphatic carbocycles. The van der Waals surface area contributed by atoms with Gasteiger partial charge in [-0.2, -0.15) is 0 Å². The van der Waals surface area contributed by atoms with Crippen molar-refractivity contribution in [2.45, 2.75) is 32.0 Å². The molecule has 0 aliphatic heterocycles. The number of thiazole rings is 1. The van der Waals surface area contributed by atoms with Gasteiger partial charge in [0.2, 0.25) is 0 Å². The van der Waals surface area contributed by atoms with E-state index in [-0.39, 0.29) is 6.04 Å². The SMILES string of the molecule is CC(CC(O)c1ccco1)NCc1csc(-c2cccs2)n1. The largest absolute Gasteiger partial charge is 0.467 e. The number of rotatable bonds is 7. The molecule has 0 bridgehead atoms. The summed E-state index contributed by atoms with van der Waals surface area (Å²) >= 11 is 3.37. The van der Waals surface area contributed by atoms with Crippen LogP contribution in [0.1, 0.15) is 30.9 Å². The Bertz CT molecular complexity index is 677. The molecule has 0 aromatic carbocycles. The summed E-state index contributed by atoms with van der Waals surface area (Å²) in [5.41, 5.74) is 1.03. The molecule has 0 fully saturated rings. The van der Waals surface area contributed by atoms with E-state index < -0.39 is 6.10 Å². The Labute approximate surface area is 137 Å². The van der Waals surface area contributed by atoms with E-state index >= 15 is 0 Å². The van der Waals surface area contributed by atoms with Crippen molar-refractivity contribution >= 4 is 22.7 Å². The lowest BCUT2D eigenvalue weighted by atomic mass is 10.1. The predicted octanol–water partition coefficient (Wildman–Crippen LogP) is 4.07. The first-order valence-electron chi connectivity index (χ1n) is 7.15. The predicted molar refractivity (Wildman–Crippen MR) is 90.0 cm³/mol. The van der Waals surface area contributed by atoms with E-state index in [4.69, 9.17) is 4.42 Å². The van der Waals surface area contributed by atoms with E-state index in [1.54, 1.807) is 41.1 Å². The monoisotopic (exact) mass is 334 g/mol. The topological polar surface area (TPSA) is 58.3 Å². The molecule has 0 aliphatic rings. The third kappa shape index (κ3) is 3.84. The Kier molecular flexibility index (Phi) is 5.04. The van der Waals surface area contributed by atoms with Crippen LogP contribution in [0.15, 0.2) is 45.7 Å². The van der Waals surface area contributed by atoms with Crippen molar-refractivity contribution in [1.29, 1.82) is 0 Å². The fraction of sp³-hybridized carbons (Fsp3) is 0.312. The van der Waals surface area contributed by atoms with Gasteiger partial charge in [0, 0.05) is 18.0 Å². The summed E-state index contributed by atoms with van der Waals surface area (Å²) < 4.78 is 5.22. The minimum Gasteiger partial charge on any atom is -0.467 e. The zero-order valence-electron chi connectivity index (χ0n) is 12.2. The Morgan fingerprint density at radius 2 is 2.23 bits per heavy atom. The Morgan fingerprint density at radius 1 is 1.32 bits per heavy atom. The third-order valence-electron chi connectivity index (χ3n) is 3.36. The molecule has 2 unspecified atom stereocenters. The van der Waals surface area contributed by atoms with Crippen LogP contribution in [0.25, 0.3) is 9.88 Å². The molecule has 0 radical (unpaired) electrons. The molecule has 0 saturated carbocycles. The number of thiophene rings is 1. The van der Waals surface area contributed by atoms with Crippen LogP contribution in [0.5, 0.6) is 0 Å². The van der Waals surface area contributed by atoms with Crippen molar-refractivity contribution in [3.63, 3.8) is 0 Å². The highest BCUT2D eigenvalue weighted by Gasteiger charge is 2.15. The molecule has 2 N–H and O–H groups in total. The quantitative estimate of drug-likeness (QED) is 0.684. The summed E-state index contributed by atoms with van der Waals surface area (Å²) in [5.74, 6) is 0.613. The summed E-state index contributed by atoms with van der Waals surface area (Å²) in [6.07, 6.45) is 1.61. The van der Waals surface area contributed by atoms with E-state index in [9.17, 15) is 5.11 Å². The number of aliphatic hydroxyl groups is 1. The zero-order valence-corrected chi connectivity index (χ0v) is 13.9. The molecule has 2 atom stereocenters. The summed E-state index contributed by atoms with van der Waals surface area (Å²) in [6.45, 7) is 2.76. The van der Waals surface area contributed by atoms with Crippen LogP contribution in [0.3, 0.4) is 0 Å². The van der Waals surface area contributed by atoms with E-state index in [0.29, 0.717) is 18.7 Å². The van der Waals surface area contributed by atoms with Crippen molar-refractivity contribution < 1.29 is 9.52 Å². The number of hydrogen-bond donors (Lipinski definition) is 2. The standard InChI is InChI=1S/C16H18N2O2S2/c1-11(8-13(19)14-4-2-6-20-14)17-9-12-10-22-16(18-12)15-5-3-7-21-15/h2-7,10-11,13,17,19H,8-9H2,1H3. The molecular weight excluding hydrogens is 316 g/mol. The Morgan fingerprint density at radius 3 is 2.95 bits per heavy atom. The molecule has 22 heavy (non-hydrogen) atoms. The van der Waals surface area contributed by atoms with Gasteiger partial charge in [-0.05, 0) is 36.9 Å². The Hall–Kier alpha value is -1.47. The van der Waals surface area contributed by atoms with Crippen LogP contribution in [0, 0.1) is 0 Å². The number of aliphatic hydroxyl groups excluding tert-OH is 1. The molecule has 116 valence electrons. The van der Waals surface area contributed by atoms with Crippen molar-refractivity contribution in [3.05, 3.63) is 52.7 Å². The number of aromatic nitrogens is 1. The molecule has 6 heteroatoms. The van der Waals surface area contributed by atoms with Gasteiger partial charge in [0.15, 0.2) is 0 Å². The number of nitrogens with one attached hydrogen (secondary N) is 1. The normalized spacial score (nSPS) is 14.1. The van der Waals surface area contributed by atoms with Gasteiger partial charge < -0.3 is 14.8 Å². The van der Waals surface area contributed by atoms with Gasteiger partial charge in [0.1, 0.15) is 16.9 Å². The van der Waals surface area contributed by atoms with Gasteiger partial charge in [0.05, 0.1) is 16.8 Å². The number of furan rings is 1. The van der Waals surface area contributed by atoms with Crippen molar-refractivity contribution in [2.24, 2.45) is 0 Å². The second kappa shape index (κ2) is 7.19. The highest BCUT2D eigenvalue weighted by Crippen LogP contribution is 2.27. The van der Waals surface area contributed by atoms with Gasteiger partial charge in [0.25, 0.3) is 0 Å². The summed E-state index contributed by atoms with van der Waals surface area (Å²) in [5, 5.41) is 18.7. The highest BCUT2D eigenvalue weighted by molar-refractivity contribution is 7.20. The lowest BCUT2D eigenvalue weighted by molar-refractivity contribution is 0.128. The molecular formula is C16H18N2O2S2. The fourth-order valence-electron chi connectivity index (χ4n) is 2.20. The van der Waals surface area contributed by atoms with Crippen molar-refractivity contribution in [2.75, 3.05) is 0 Å². The summed E-state index contributed by atoms with van der Waals surface area (Å²) in [6, 6.07) is 7.89. The average Bonchev–Trinajstić information content (AvgIpc) is 3.25. The molecule has 4 nitrogen and oxygen atoms in total. The second-order valence-corrected chi connectivity index (χ2v) is 6.98. The molecule has 3 aromatic heterocycles. The zero-order chi connectivity index (χ0) is 15.4. The second-order valence-electron chi connectivity index (χ2n) is 5.17. The van der Waals surface area contributed by atoms with Crippen molar-refractivity contribution in [3.8, 4) is 9.88 Å². The van der Waals surface area contributed by atoms with Crippen LogP contribution in [0.2, 0.25) is 0 Å². The smallest absolute Gasteiger partial charge is 0.133 e. The van der Waals surface area contributed by atoms with Gasteiger partial charge in [-0.3, -0.25) is 0 Å². The van der Waals surface area contributed by atoms with Gasteiger partial charge in [-0.15, -0.1) is 22.7 Å². The van der Waals surface area contributed by atoms with Crippen LogP contribution >= 0.6 is 22.7 Å². The molecule has 3 rings (SSSR count). The first-order chi connectivity index (χ1) is 10.7. The molecule has 0 amide bonds. The van der Waals surface area contributed by atoms with Gasteiger partial charge >= 0.3 is 0 Å². The van der Waals surface area contributed by atoms with E-state index in [0.717, 1.165) is 10.7 Å². The Balaban J connectivity index is 1.50. The van der Waals surface area contributed by atoms with Crippen LogP contribution in [-0.2, 0) is 6.54 Å². The van der Waals surface area contributed by atoms with Crippen LogP contribution in [-0.4, -0.2) is 16.1 Å². The maximum Gasteiger partial charge on any atom is 0.133 e. The van der Waals surface area contributed by atoms with E-state index in [1.165, 1.54) is 4.88 Å².